The Labute approximate surface area is 140 Å². The molecule has 2 rings (SSSR count). The lowest BCUT2D eigenvalue weighted by Crippen LogP contribution is -2.41. The molecular weight excluding hydrogens is 290 g/mol. The van der Waals surface area contributed by atoms with Gasteiger partial charge in [-0.05, 0) is 51.7 Å². The fraction of sp³-hybridized carbons (Fsp3) is 0.722. The van der Waals surface area contributed by atoms with E-state index in [0.29, 0.717) is 12.6 Å². The first kappa shape index (κ1) is 17.9. The lowest BCUT2D eigenvalue weighted by Gasteiger charge is -2.27. The predicted molar refractivity (Wildman–Crippen MR) is 92.4 cm³/mol. The van der Waals surface area contributed by atoms with E-state index in [0.717, 1.165) is 38.9 Å². The quantitative estimate of drug-likeness (QED) is 0.747. The van der Waals surface area contributed by atoms with Crippen molar-refractivity contribution in [2.24, 2.45) is 0 Å². The standard InChI is InChI=1S/C18H31N3O2/c1-5-10-20-11-8-15(14-20)13-19-9-12-21(16-6-7-16)17(22)23-18(2,3)4/h8,11,14,16,19H,5-7,9-10,12-13H2,1-4H3. The average molecular weight is 321 g/mol. The van der Waals surface area contributed by atoms with Crippen LogP contribution in [0.2, 0.25) is 0 Å². The van der Waals surface area contributed by atoms with Gasteiger partial charge >= 0.3 is 6.09 Å². The molecule has 23 heavy (non-hydrogen) atoms. The molecule has 130 valence electrons. The van der Waals surface area contributed by atoms with Gasteiger partial charge in [0, 0.05) is 44.6 Å². The Kier molecular flexibility index (Phi) is 6.10. The largest absolute Gasteiger partial charge is 0.444 e. The molecule has 1 saturated carbocycles. The fourth-order valence-electron chi connectivity index (χ4n) is 2.55. The molecule has 0 unspecified atom stereocenters. The van der Waals surface area contributed by atoms with E-state index < -0.39 is 5.60 Å². The van der Waals surface area contributed by atoms with E-state index in [1.807, 2.05) is 25.7 Å². The van der Waals surface area contributed by atoms with Crippen molar-refractivity contribution in [3.8, 4) is 0 Å². The molecule has 5 heteroatoms. The molecule has 0 bridgehead atoms. The van der Waals surface area contributed by atoms with Gasteiger partial charge in [-0.2, -0.15) is 0 Å². The first-order valence-electron chi connectivity index (χ1n) is 8.74. The maximum Gasteiger partial charge on any atom is 0.410 e. The van der Waals surface area contributed by atoms with E-state index in [1.165, 1.54) is 5.56 Å². The van der Waals surface area contributed by atoms with E-state index in [4.69, 9.17) is 4.74 Å². The topological polar surface area (TPSA) is 46.5 Å². The van der Waals surface area contributed by atoms with Crippen LogP contribution in [0.3, 0.4) is 0 Å². The van der Waals surface area contributed by atoms with Gasteiger partial charge in [-0.3, -0.25) is 0 Å². The molecule has 0 radical (unpaired) electrons. The van der Waals surface area contributed by atoms with Crippen molar-refractivity contribution in [2.45, 2.75) is 71.7 Å². The molecule has 0 atom stereocenters. The number of hydrogen-bond donors (Lipinski definition) is 1. The molecule has 1 aliphatic carbocycles. The molecule has 1 heterocycles. The van der Waals surface area contributed by atoms with Gasteiger partial charge in [0.15, 0.2) is 0 Å². The summed E-state index contributed by atoms with van der Waals surface area (Å²) in [4.78, 5) is 14.1. The summed E-state index contributed by atoms with van der Waals surface area (Å²) in [6.07, 6.45) is 7.46. The third kappa shape index (κ3) is 6.26. The molecule has 1 N–H and O–H groups in total. The molecular formula is C18H31N3O2. The molecule has 1 aliphatic rings. The van der Waals surface area contributed by atoms with E-state index in [1.54, 1.807) is 0 Å². The number of rotatable bonds is 8. The third-order valence-electron chi connectivity index (χ3n) is 3.77. The van der Waals surface area contributed by atoms with Gasteiger partial charge in [0.1, 0.15) is 5.60 Å². The molecule has 0 spiro atoms. The predicted octanol–water partition coefficient (Wildman–Crippen LogP) is 3.39. The van der Waals surface area contributed by atoms with Gasteiger partial charge in [-0.25, -0.2) is 4.79 Å². The maximum absolute atomic E-state index is 12.3. The van der Waals surface area contributed by atoms with Crippen molar-refractivity contribution in [1.82, 2.24) is 14.8 Å². The first-order valence-corrected chi connectivity index (χ1v) is 8.74. The highest BCUT2D eigenvalue weighted by molar-refractivity contribution is 5.69. The second-order valence-corrected chi connectivity index (χ2v) is 7.34. The highest BCUT2D eigenvalue weighted by Crippen LogP contribution is 2.28. The number of nitrogens with one attached hydrogen (secondary N) is 1. The number of aryl methyl sites for hydroxylation is 1. The maximum atomic E-state index is 12.3. The summed E-state index contributed by atoms with van der Waals surface area (Å²) in [5, 5.41) is 3.43. The molecule has 1 aromatic heterocycles. The normalized spacial score (nSPS) is 14.8. The average Bonchev–Trinajstić information content (AvgIpc) is 3.18. The summed E-state index contributed by atoms with van der Waals surface area (Å²) in [6, 6.07) is 2.52. The monoisotopic (exact) mass is 321 g/mol. The zero-order valence-electron chi connectivity index (χ0n) is 15.0. The summed E-state index contributed by atoms with van der Waals surface area (Å²) in [5.41, 5.74) is 0.855. The van der Waals surface area contributed by atoms with Crippen LogP contribution in [0.1, 0.15) is 52.5 Å². The fourth-order valence-corrected chi connectivity index (χ4v) is 2.55. The Morgan fingerprint density at radius 2 is 2.17 bits per heavy atom. The highest BCUT2D eigenvalue weighted by Gasteiger charge is 2.34. The summed E-state index contributed by atoms with van der Waals surface area (Å²) in [6.45, 7) is 11.3. The van der Waals surface area contributed by atoms with Crippen molar-refractivity contribution >= 4 is 6.09 Å². The van der Waals surface area contributed by atoms with Gasteiger partial charge in [0.25, 0.3) is 0 Å². The minimum Gasteiger partial charge on any atom is -0.444 e. The van der Waals surface area contributed by atoms with Gasteiger partial charge in [-0.15, -0.1) is 0 Å². The number of carbonyl (C=O) groups is 1. The Bertz CT molecular complexity index is 501. The van der Waals surface area contributed by atoms with Crippen LogP contribution in [0.5, 0.6) is 0 Å². The molecule has 1 fully saturated rings. The lowest BCUT2D eigenvalue weighted by molar-refractivity contribution is 0.0236. The Morgan fingerprint density at radius 1 is 1.43 bits per heavy atom. The summed E-state index contributed by atoms with van der Waals surface area (Å²) >= 11 is 0. The summed E-state index contributed by atoms with van der Waals surface area (Å²) in [7, 11) is 0. The van der Waals surface area contributed by atoms with E-state index in [-0.39, 0.29) is 6.09 Å². The Morgan fingerprint density at radius 3 is 2.78 bits per heavy atom. The molecule has 5 nitrogen and oxygen atoms in total. The van der Waals surface area contributed by atoms with Gasteiger partial charge < -0.3 is 19.5 Å². The second-order valence-electron chi connectivity index (χ2n) is 7.34. The molecule has 1 amide bonds. The number of aromatic nitrogens is 1. The van der Waals surface area contributed by atoms with Crippen molar-refractivity contribution in [3.05, 3.63) is 24.0 Å². The molecule has 1 aromatic rings. The minimum absolute atomic E-state index is 0.184. The molecule has 0 aromatic carbocycles. The van der Waals surface area contributed by atoms with Crippen molar-refractivity contribution in [2.75, 3.05) is 13.1 Å². The van der Waals surface area contributed by atoms with Crippen LogP contribution in [0, 0.1) is 0 Å². The SMILES string of the molecule is CCCn1ccc(CNCCN(C(=O)OC(C)(C)C)C2CC2)c1. The van der Waals surface area contributed by atoms with Crippen molar-refractivity contribution < 1.29 is 9.53 Å². The van der Waals surface area contributed by atoms with Crippen molar-refractivity contribution in [3.63, 3.8) is 0 Å². The van der Waals surface area contributed by atoms with Crippen LogP contribution in [-0.4, -0.2) is 40.3 Å². The first-order chi connectivity index (χ1) is 10.9. The van der Waals surface area contributed by atoms with E-state index >= 15 is 0 Å². The molecule has 0 saturated heterocycles. The van der Waals surface area contributed by atoms with Crippen LogP contribution in [-0.2, 0) is 17.8 Å². The zero-order valence-corrected chi connectivity index (χ0v) is 15.0. The number of hydrogen-bond acceptors (Lipinski definition) is 3. The van der Waals surface area contributed by atoms with Crippen LogP contribution >= 0.6 is 0 Å². The Balaban J connectivity index is 1.73. The van der Waals surface area contributed by atoms with Crippen LogP contribution in [0.25, 0.3) is 0 Å². The Hall–Kier alpha value is -1.49. The van der Waals surface area contributed by atoms with Gasteiger partial charge in [-0.1, -0.05) is 6.92 Å². The van der Waals surface area contributed by atoms with E-state index in [9.17, 15) is 4.79 Å². The van der Waals surface area contributed by atoms with Crippen molar-refractivity contribution in [1.29, 1.82) is 0 Å². The summed E-state index contributed by atoms with van der Waals surface area (Å²) < 4.78 is 7.72. The number of nitrogens with zero attached hydrogens (tertiary/aromatic N) is 2. The highest BCUT2D eigenvalue weighted by atomic mass is 16.6. The minimum atomic E-state index is -0.431. The number of ether oxygens (including phenoxy) is 1. The van der Waals surface area contributed by atoms with Crippen LogP contribution < -0.4 is 5.32 Å². The second kappa shape index (κ2) is 7.86. The molecule has 0 aliphatic heterocycles. The lowest BCUT2D eigenvalue weighted by atomic mass is 10.2. The van der Waals surface area contributed by atoms with Gasteiger partial charge in [0.2, 0.25) is 0 Å². The smallest absolute Gasteiger partial charge is 0.410 e. The van der Waals surface area contributed by atoms with Gasteiger partial charge in [0.05, 0.1) is 0 Å². The number of amides is 1. The summed E-state index contributed by atoms with van der Waals surface area (Å²) in [5.74, 6) is 0. The van der Waals surface area contributed by atoms with Crippen LogP contribution in [0.4, 0.5) is 4.79 Å². The number of carbonyl (C=O) groups excluding carboxylic acids is 1. The van der Waals surface area contributed by atoms with Crippen LogP contribution in [0.15, 0.2) is 18.5 Å². The van der Waals surface area contributed by atoms with E-state index in [2.05, 4.69) is 35.3 Å². The third-order valence-corrected chi connectivity index (χ3v) is 3.77. The zero-order chi connectivity index (χ0) is 16.9.